The van der Waals surface area contributed by atoms with Crippen LogP contribution in [0.15, 0.2) is 29.1 Å². The summed E-state index contributed by atoms with van der Waals surface area (Å²) >= 11 is 0. The molecular formula is C14H22Cl2N4O2. The number of amides is 1. The average molecular weight is 349 g/mol. The highest BCUT2D eigenvalue weighted by Gasteiger charge is 2.08. The van der Waals surface area contributed by atoms with E-state index in [0.29, 0.717) is 24.4 Å². The summed E-state index contributed by atoms with van der Waals surface area (Å²) in [5, 5.41) is 2.87. The molecule has 124 valence electrons. The van der Waals surface area contributed by atoms with E-state index in [1.165, 1.54) is 6.26 Å². The van der Waals surface area contributed by atoms with Crippen molar-refractivity contribution in [2.75, 3.05) is 6.54 Å². The minimum Gasteiger partial charge on any atom is -0.467 e. The number of carbonyl (C=O) groups is 1. The van der Waals surface area contributed by atoms with Gasteiger partial charge in [0.15, 0.2) is 0 Å². The van der Waals surface area contributed by atoms with Gasteiger partial charge in [-0.05, 0) is 25.8 Å². The lowest BCUT2D eigenvalue weighted by Crippen LogP contribution is -2.24. The summed E-state index contributed by atoms with van der Waals surface area (Å²) in [6, 6.07) is 1.67. The van der Waals surface area contributed by atoms with E-state index in [2.05, 4.69) is 14.9 Å². The van der Waals surface area contributed by atoms with E-state index >= 15 is 0 Å². The maximum atomic E-state index is 11.8. The summed E-state index contributed by atoms with van der Waals surface area (Å²) in [5.41, 5.74) is 5.95. The fourth-order valence-electron chi connectivity index (χ4n) is 1.96. The average Bonchev–Trinajstić information content (AvgIpc) is 3.07. The number of furan rings is 1. The van der Waals surface area contributed by atoms with Crippen molar-refractivity contribution in [1.82, 2.24) is 14.9 Å². The predicted molar refractivity (Wildman–Crippen MR) is 89.6 cm³/mol. The number of hydrogen-bond acceptors (Lipinski definition) is 4. The lowest BCUT2D eigenvalue weighted by Gasteiger charge is -2.05. The Morgan fingerprint density at radius 2 is 2.18 bits per heavy atom. The number of rotatable bonds is 7. The van der Waals surface area contributed by atoms with Crippen molar-refractivity contribution in [3.63, 3.8) is 0 Å². The summed E-state index contributed by atoms with van der Waals surface area (Å²) in [6.45, 7) is 3.85. The molecule has 0 saturated carbocycles. The number of nitrogens with one attached hydrogen (secondary N) is 1. The molecule has 8 heteroatoms. The van der Waals surface area contributed by atoms with Gasteiger partial charge in [-0.15, -0.1) is 24.8 Å². The van der Waals surface area contributed by atoms with E-state index < -0.39 is 0 Å². The molecule has 0 aromatic carbocycles. The third-order valence-corrected chi connectivity index (χ3v) is 3.15. The van der Waals surface area contributed by atoms with Crippen molar-refractivity contribution < 1.29 is 9.21 Å². The first-order chi connectivity index (χ1) is 9.70. The smallest absolute Gasteiger partial charge is 0.254 e. The Kier molecular flexibility index (Phi) is 9.56. The maximum absolute atomic E-state index is 11.8. The zero-order valence-electron chi connectivity index (χ0n) is 12.4. The van der Waals surface area contributed by atoms with Crippen LogP contribution >= 0.6 is 24.8 Å². The Balaban J connectivity index is 0.00000220. The van der Waals surface area contributed by atoms with Crippen molar-refractivity contribution in [3.8, 4) is 0 Å². The molecule has 3 N–H and O–H groups in total. The number of unbranched alkanes of at least 4 members (excludes halogenated alkanes) is 1. The van der Waals surface area contributed by atoms with Gasteiger partial charge >= 0.3 is 0 Å². The van der Waals surface area contributed by atoms with Crippen LogP contribution in [0.5, 0.6) is 0 Å². The molecule has 0 bridgehead atoms. The standard InChI is InChI=1S/C14H20N4O2.2ClH/c1-11-16-5-7-18(11)6-3-2-4-17-14(19)12-8-13(9-15)20-10-12;;/h5,7-8,10H,2-4,6,9,15H2,1H3,(H,17,19);2*1H. The minimum atomic E-state index is -0.118. The molecule has 0 spiro atoms. The molecule has 0 atom stereocenters. The van der Waals surface area contributed by atoms with E-state index in [-0.39, 0.29) is 30.7 Å². The number of aryl methyl sites for hydroxylation is 2. The Bertz CT molecular complexity index is 569. The molecule has 0 aliphatic carbocycles. The second-order valence-corrected chi connectivity index (χ2v) is 4.64. The number of nitrogens with two attached hydrogens (primary N) is 1. The highest BCUT2D eigenvalue weighted by Crippen LogP contribution is 2.06. The molecule has 6 nitrogen and oxygen atoms in total. The van der Waals surface area contributed by atoms with E-state index in [0.717, 1.165) is 25.2 Å². The fourth-order valence-corrected chi connectivity index (χ4v) is 1.96. The Morgan fingerprint density at radius 1 is 1.41 bits per heavy atom. The highest BCUT2D eigenvalue weighted by molar-refractivity contribution is 5.93. The largest absolute Gasteiger partial charge is 0.467 e. The van der Waals surface area contributed by atoms with Crippen molar-refractivity contribution in [1.29, 1.82) is 0 Å². The lowest BCUT2D eigenvalue weighted by atomic mass is 10.2. The first-order valence-corrected chi connectivity index (χ1v) is 6.74. The molecule has 0 unspecified atom stereocenters. The molecule has 0 aliphatic rings. The monoisotopic (exact) mass is 348 g/mol. The number of imidazole rings is 1. The molecule has 0 saturated heterocycles. The topological polar surface area (TPSA) is 86.1 Å². The number of halogens is 2. The van der Waals surface area contributed by atoms with Crippen LogP contribution in [-0.4, -0.2) is 22.0 Å². The van der Waals surface area contributed by atoms with Crippen molar-refractivity contribution in [2.45, 2.75) is 32.9 Å². The van der Waals surface area contributed by atoms with Crippen LogP contribution in [0.3, 0.4) is 0 Å². The molecule has 2 heterocycles. The summed E-state index contributed by atoms with van der Waals surface area (Å²) in [4.78, 5) is 16.0. The minimum absolute atomic E-state index is 0. The van der Waals surface area contributed by atoms with Crippen molar-refractivity contribution in [3.05, 3.63) is 41.9 Å². The third-order valence-electron chi connectivity index (χ3n) is 3.15. The van der Waals surface area contributed by atoms with Gasteiger partial charge in [-0.25, -0.2) is 4.98 Å². The zero-order chi connectivity index (χ0) is 14.4. The molecule has 0 radical (unpaired) electrons. The van der Waals surface area contributed by atoms with Crippen LogP contribution in [-0.2, 0) is 13.1 Å². The normalized spacial score (nSPS) is 9.73. The second-order valence-electron chi connectivity index (χ2n) is 4.64. The van der Waals surface area contributed by atoms with Crippen LogP contribution in [0, 0.1) is 6.92 Å². The summed E-state index contributed by atoms with van der Waals surface area (Å²) in [7, 11) is 0. The lowest BCUT2D eigenvalue weighted by molar-refractivity contribution is 0.0952. The molecule has 2 aromatic rings. The quantitative estimate of drug-likeness (QED) is 0.751. The van der Waals surface area contributed by atoms with Gasteiger partial charge in [-0.1, -0.05) is 0 Å². The molecule has 1 amide bonds. The molecular weight excluding hydrogens is 327 g/mol. The third kappa shape index (κ3) is 5.71. The first kappa shape index (κ1) is 20.5. The van der Waals surface area contributed by atoms with Gasteiger partial charge in [-0.3, -0.25) is 4.79 Å². The van der Waals surface area contributed by atoms with E-state index in [9.17, 15) is 4.79 Å². The summed E-state index contributed by atoms with van der Waals surface area (Å²) < 4.78 is 7.23. The van der Waals surface area contributed by atoms with Gasteiger partial charge in [0.05, 0.1) is 12.1 Å². The van der Waals surface area contributed by atoms with E-state index in [4.69, 9.17) is 10.2 Å². The Morgan fingerprint density at radius 3 is 2.77 bits per heavy atom. The van der Waals surface area contributed by atoms with Gasteiger partial charge in [-0.2, -0.15) is 0 Å². The molecule has 2 rings (SSSR count). The number of aromatic nitrogens is 2. The maximum Gasteiger partial charge on any atom is 0.254 e. The van der Waals surface area contributed by atoms with Crippen molar-refractivity contribution in [2.24, 2.45) is 5.73 Å². The molecule has 0 aliphatic heterocycles. The van der Waals surface area contributed by atoms with Crippen molar-refractivity contribution >= 4 is 30.7 Å². The molecule has 0 fully saturated rings. The molecule has 2 aromatic heterocycles. The number of nitrogens with zero attached hydrogens (tertiary/aromatic N) is 2. The van der Waals surface area contributed by atoms with E-state index in [1.54, 1.807) is 12.3 Å². The summed E-state index contributed by atoms with van der Waals surface area (Å²) in [6.07, 6.45) is 7.12. The van der Waals surface area contributed by atoms with Gasteiger partial charge in [0.1, 0.15) is 17.8 Å². The van der Waals surface area contributed by atoms with E-state index in [1.807, 2.05) is 13.1 Å². The Labute approximate surface area is 142 Å². The summed E-state index contributed by atoms with van der Waals surface area (Å²) in [5.74, 6) is 1.51. The van der Waals surface area contributed by atoms with Crippen LogP contribution in [0.1, 0.15) is 34.8 Å². The number of hydrogen-bond donors (Lipinski definition) is 2. The number of carbonyl (C=O) groups excluding carboxylic acids is 1. The van der Waals surface area contributed by atoms with Gasteiger partial charge < -0.3 is 20.0 Å². The highest BCUT2D eigenvalue weighted by atomic mass is 35.5. The predicted octanol–water partition coefficient (Wildman–Crippen LogP) is 2.30. The van der Waals surface area contributed by atoms with Gasteiger partial charge in [0.2, 0.25) is 0 Å². The SMILES string of the molecule is Cc1nccn1CCCCNC(=O)c1coc(CN)c1.Cl.Cl. The van der Waals surface area contributed by atoms with Gasteiger partial charge in [0, 0.05) is 25.5 Å². The zero-order valence-corrected chi connectivity index (χ0v) is 14.1. The van der Waals surface area contributed by atoms with Crippen LogP contribution in [0.2, 0.25) is 0 Å². The molecule has 22 heavy (non-hydrogen) atoms. The van der Waals surface area contributed by atoms with Crippen LogP contribution in [0.25, 0.3) is 0 Å². The Hall–Kier alpha value is -1.50. The van der Waals surface area contributed by atoms with Crippen LogP contribution in [0.4, 0.5) is 0 Å². The van der Waals surface area contributed by atoms with Crippen LogP contribution < -0.4 is 11.1 Å². The second kappa shape index (κ2) is 10.3. The fraction of sp³-hybridized carbons (Fsp3) is 0.429. The first-order valence-electron chi connectivity index (χ1n) is 6.74. The van der Waals surface area contributed by atoms with Gasteiger partial charge in [0.25, 0.3) is 5.91 Å².